The highest BCUT2D eigenvalue weighted by Gasteiger charge is 2.53. The van der Waals surface area contributed by atoms with Crippen molar-refractivity contribution in [1.29, 1.82) is 0 Å². The second kappa shape index (κ2) is 18.1. The molecule has 2 heterocycles. The van der Waals surface area contributed by atoms with Crippen LogP contribution in [0.1, 0.15) is 70.6 Å². The Morgan fingerprint density at radius 2 is 0.797 bits per heavy atom. The molecule has 0 unspecified atom stereocenters. The number of likely N-dealkylation sites (N-methyl/N-ethyl adjacent to an activating group) is 2. The second-order valence-corrected chi connectivity index (χ2v) is 15.1. The number of alkyl halides is 12. The third kappa shape index (κ3) is 10.5. The number of hydrogen-bond acceptors (Lipinski definition) is 6. The van der Waals surface area contributed by atoms with Gasteiger partial charge in [0.2, 0.25) is 0 Å². The molecule has 4 amide bonds. The number of urea groups is 2. The topological polar surface area (TPSA) is 124 Å². The summed E-state index contributed by atoms with van der Waals surface area (Å²) < 4.78 is 169. The first kappa shape index (κ1) is 49.4. The average molecular weight is 925 g/mol. The van der Waals surface area contributed by atoms with Gasteiger partial charge in [-0.3, -0.25) is 9.80 Å². The molecule has 2 aliphatic rings. The molecular weight excluding hydrogens is 884 g/mol. The van der Waals surface area contributed by atoms with Crippen molar-refractivity contribution in [1.82, 2.24) is 20.4 Å². The third-order valence-electron chi connectivity index (χ3n) is 10.8. The zero-order valence-corrected chi connectivity index (χ0v) is 33.9. The molecule has 4 N–H and O–H groups in total. The molecule has 0 spiro atoms. The molecular formula is C42H40F12N4O6. The predicted molar refractivity (Wildman–Crippen MR) is 202 cm³/mol. The summed E-state index contributed by atoms with van der Waals surface area (Å²) in [5.74, 6) is 0. The summed E-state index contributed by atoms with van der Waals surface area (Å²) in [4.78, 5) is 26.3. The highest BCUT2D eigenvalue weighted by molar-refractivity contribution is 5.79. The van der Waals surface area contributed by atoms with Crippen molar-refractivity contribution in [3.8, 4) is 0 Å². The van der Waals surface area contributed by atoms with Crippen molar-refractivity contribution in [2.75, 3.05) is 27.3 Å². The summed E-state index contributed by atoms with van der Waals surface area (Å²) in [6.45, 7) is 1.77. The third-order valence-corrected chi connectivity index (χ3v) is 10.8. The first-order valence-corrected chi connectivity index (χ1v) is 18.9. The molecule has 2 saturated heterocycles. The smallest absolute Gasteiger partial charge is 0.371 e. The number of amides is 4. The van der Waals surface area contributed by atoms with Gasteiger partial charge in [0.05, 0.1) is 47.7 Å². The molecule has 6 atom stereocenters. The molecule has 6 rings (SSSR count). The summed E-state index contributed by atoms with van der Waals surface area (Å²) in [5, 5.41) is 26.6. The second-order valence-electron chi connectivity index (χ2n) is 15.1. The van der Waals surface area contributed by atoms with E-state index < -0.39 is 108 Å². The van der Waals surface area contributed by atoms with Crippen LogP contribution in [-0.2, 0) is 45.3 Å². The van der Waals surface area contributed by atoms with Crippen LogP contribution >= 0.6 is 0 Å². The maximum Gasteiger partial charge on any atom is 0.416 e. The summed E-state index contributed by atoms with van der Waals surface area (Å²) >= 11 is 0. The molecule has 64 heavy (non-hydrogen) atoms. The lowest BCUT2D eigenvalue weighted by atomic mass is 9.89. The molecule has 10 nitrogen and oxygen atoms in total. The number of aliphatic hydroxyl groups excluding tert-OH is 2. The van der Waals surface area contributed by atoms with Gasteiger partial charge in [-0.05, 0) is 72.5 Å². The zero-order valence-electron chi connectivity index (χ0n) is 33.9. The molecule has 0 aromatic heterocycles. The molecule has 4 aromatic carbocycles. The summed E-state index contributed by atoms with van der Waals surface area (Å²) in [6.07, 6.45) is -25.2. The molecule has 2 fully saturated rings. The van der Waals surface area contributed by atoms with Crippen molar-refractivity contribution in [2.24, 2.45) is 0 Å². The Hall–Kier alpha value is -5.58. The molecule has 0 bridgehead atoms. The van der Waals surface area contributed by atoms with E-state index in [9.17, 15) is 72.5 Å². The fourth-order valence-electron chi connectivity index (χ4n) is 7.00. The first-order chi connectivity index (χ1) is 29.5. The minimum absolute atomic E-state index is 0.0393. The van der Waals surface area contributed by atoms with Crippen molar-refractivity contribution < 1.29 is 82.0 Å². The minimum Gasteiger partial charge on any atom is -0.371 e. The van der Waals surface area contributed by atoms with Gasteiger partial charge < -0.3 is 30.3 Å². The van der Waals surface area contributed by atoms with Crippen LogP contribution in [0.4, 0.5) is 62.3 Å². The minimum atomic E-state index is -4.99. The largest absolute Gasteiger partial charge is 0.416 e. The number of rotatable bonds is 10. The average Bonchev–Trinajstić information content (AvgIpc) is 3.60. The standard InChI is InChI=1S/2C21H20F6N2O3/c2*1-12(13-8-15(20(22,23)24)10-16(9-13)21(25,26)27)32-11-19(14-6-4-3-5-7-14)17(30)29(2)18(31)28-19/h2*3-10,12,17,30H,11H2,1-2H3,(H,28,31)/t12-,17+,19-;12-,17-,19-/m11/s1. The predicted octanol–water partition coefficient (Wildman–Crippen LogP) is 9.34. The van der Waals surface area contributed by atoms with Crippen LogP contribution in [0.3, 0.4) is 0 Å². The Bertz CT molecular complexity index is 2050. The van der Waals surface area contributed by atoms with Gasteiger partial charge in [-0.1, -0.05) is 60.7 Å². The van der Waals surface area contributed by atoms with Gasteiger partial charge >= 0.3 is 36.8 Å². The lowest BCUT2D eigenvalue weighted by Crippen LogP contribution is -2.50. The molecule has 0 radical (unpaired) electrons. The lowest BCUT2D eigenvalue weighted by Gasteiger charge is -2.34. The van der Waals surface area contributed by atoms with E-state index in [4.69, 9.17) is 9.47 Å². The maximum atomic E-state index is 13.2. The number of ether oxygens (including phenoxy) is 2. The van der Waals surface area contributed by atoms with Gasteiger partial charge in [0.1, 0.15) is 11.1 Å². The van der Waals surface area contributed by atoms with E-state index >= 15 is 0 Å². The highest BCUT2D eigenvalue weighted by Crippen LogP contribution is 2.41. The normalized spacial score (nSPS) is 22.7. The van der Waals surface area contributed by atoms with Gasteiger partial charge in [0.25, 0.3) is 0 Å². The fourth-order valence-corrected chi connectivity index (χ4v) is 7.00. The number of hydrogen-bond donors (Lipinski definition) is 4. The van der Waals surface area contributed by atoms with Gasteiger partial charge in [0.15, 0.2) is 12.5 Å². The fraction of sp³-hybridized carbons (Fsp3) is 0.381. The number of halogens is 12. The Kier molecular flexibility index (Phi) is 14.0. The van der Waals surface area contributed by atoms with E-state index in [1.807, 2.05) is 0 Å². The van der Waals surface area contributed by atoms with Crippen LogP contribution in [0.25, 0.3) is 0 Å². The van der Waals surface area contributed by atoms with E-state index in [0.717, 1.165) is 9.80 Å². The number of carbonyl (C=O) groups excluding carboxylic acids is 2. The summed E-state index contributed by atoms with van der Waals surface area (Å²) in [7, 11) is 2.69. The monoisotopic (exact) mass is 924 g/mol. The van der Waals surface area contributed by atoms with Crippen molar-refractivity contribution in [3.05, 3.63) is 142 Å². The van der Waals surface area contributed by atoms with Crippen LogP contribution in [0.15, 0.2) is 97.1 Å². The molecule has 0 aliphatic carbocycles. The number of nitrogens with one attached hydrogen (secondary N) is 2. The number of aliphatic hydroxyl groups is 2. The highest BCUT2D eigenvalue weighted by atomic mass is 19.4. The van der Waals surface area contributed by atoms with Crippen LogP contribution in [-0.4, -0.2) is 71.8 Å². The number of carbonyl (C=O) groups is 2. The number of benzene rings is 4. The zero-order chi connectivity index (χ0) is 47.8. The summed E-state index contributed by atoms with van der Waals surface area (Å²) in [6, 6.07) is 17.7. The Morgan fingerprint density at radius 3 is 1.02 bits per heavy atom. The SMILES string of the molecule is C[C@@H](OC[C@]1(c2ccccc2)NC(=O)N(C)[C@@H]1O)c1cc(C(F)(F)F)cc(C(F)(F)F)c1.C[C@@H](OC[C@]1(c2ccccc2)NC(=O)N(C)[C@H]1O)c1cc(C(F)(F)F)cc(C(F)(F)F)c1. The van der Waals surface area contributed by atoms with Crippen molar-refractivity contribution >= 4 is 12.1 Å². The van der Waals surface area contributed by atoms with Gasteiger partial charge in [0, 0.05) is 14.1 Å². The van der Waals surface area contributed by atoms with E-state index in [1.54, 1.807) is 60.7 Å². The van der Waals surface area contributed by atoms with Crippen LogP contribution in [0, 0.1) is 0 Å². The molecule has 22 heteroatoms. The lowest BCUT2D eigenvalue weighted by molar-refractivity contribution is -0.145. The van der Waals surface area contributed by atoms with Crippen LogP contribution < -0.4 is 10.6 Å². The van der Waals surface area contributed by atoms with E-state index in [2.05, 4.69) is 10.6 Å². The van der Waals surface area contributed by atoms with Crippen LogP contribution in [0.2, 0.25) is 0 Å². The summed E-state index contributed by atoms with van der Waals surface area (Å²) in [5.41, 5.74) is -8.55. The van der Waals surface area contributed by atoms with E-state index in [-0.39, 0.29) is 23.3 Å². The van der Waals surface area contributed by atoms with Gasteiger partial charge in [-0.15, -0.1) is 0 Å². The molecule has 2 aliphatic heterocycles. The Labute approximate surface area is 357 Å². The molecule has 0 saturated carbocycles. The maximum absolute atomic E-state index is 13.2. The van der Waals surface area contributed by atoms with Crippen molar-refractivity contribution in [3.63, 3.8) is 0 Å². The van der Waals surface area contributed by atoms with E-state index in [0.29, 0.717) is 35.4 Å². The Morgan fingerprint density at radius 1 is 0.531 bits per heavy atom. The molecule has 348 valence electrons. The van der Waals surface area contributed by atoms with Gasteiger partial charge in [-0.25, -0.2) is 9.59 Å². The quantitative estimate of drug-likeness (QED) is 0.118. The van der Waals surface area contributed by atoms with Crippen molar-refractivity contribution in [2.45, 2.75) is 74.3 Å². The molecule has 4 aromatic rings. The number of nitrogens with zero attached hydrogens (tertiary/aromatic N) is 2. The van der Waals surface area contributed by atoms with E-state index in [1.165, 1.54) is 27.9 Å². The van der Waals surface area contributed by atoms with Gasteiger partial charge in [-0.2, -0.15) is 52.7 Å². The first-order valence-electron chi connectivity index (χ1n) is 18.9. The Balaban J connectivity index is 0.000000241. The van der Waals surface area contributed by atoms with Crippen LogP contribution in [0.5, 0.6) is 0 Å².